The van der Waals surface area contributed by atoms with Crippen LogP contribution in [0, 0.1) is 0 Å². The van der Waals surface area contributed by atoms with E-state index in [0.717, 1.165) is 11.3 Å². The first-order valence-corrected chi connectivity index (χ1v) is 11.3. The maximum absolute atomic E-state index is 13.0. The van der Waals surface area contributed by atoms with E-state index in [1.807, 2.05) is 53.4 Å². The SMILES string of the molecule is COc1ccc(CN2CC(=O)N(c3ccccc3)[C@@H]3CS(=O)(=O)C[C@@H]32)cc1OC. The molecule has 0 aromatic heterocycles. The second-order valence-corrected chi connectivity index (χ2v) is 9.56. The van der Waals surface area contributed by atoms with Crippen molar-refractivity contribution in [3.8, 4) is 11.5 Å². The molecule has 0 spiro atoms. The fourth-order valence-electron chi connectivity index (χ4n) is 4.27. The number of nitrogens with zero attached hydrogens (tertiary/aromatic N) is 2. The van der Waals surface area contributed by atoms with Gasteiger partial charge in [0.05, 0.1) is 38.3 Å². The normalized spacial score (nSPS) is 23.7. The van der Waals surface area contributed by atoms with Gasteiger partial charge >= 0.3 is 0 Å². The first kappa shape index (κ1) is 19.7. The Morgan fingerprint density at radius 1 is 0.966 bits per heavy atom. The Kier molecular flexibility index (Phi) is 5.23. The number of sulfone groups is 1. The van der Waals surface area contributed by atoms with Crippen LogP contribution in [0.15, 0.2) is 48.5 Å². The van der Waals surface area contributed by atoms with Crippen molar-refractivity contribution in [3.63, 3.8) is 0 Å². The molecule has 2 fully saturated rings. The van der Waals surface area contributed by atoms with Gasteiger partial charge in [-0.05, 0) is 29.8 Å². The molecule has 29 heavy (non-hydrogen) atoms. The number of amides is 1. The van der Waals surface area contributed by atoms with Crippen LogP contribution in [0.2, 0.25) is 0 Å². The molecule has 8 heteroatoms. The van der Waals surface area contributed by atoms with Gasteiger partial charge in [0.2, 0.25) is 5.91 Å². The summed E-state index contributed by atoms with van der Waals surface area (Å²) in [7, 11) is -0.0730. The van der Waals surface area contributed by atoms with Crippen molar-refractivity contribution in [3.05, 3.63) is 54.1 Å². The third-order valence-electron chi connectivity index (χ3n) is 5.57. The predicted molar refractivity (Wildman–Crippen MR) is 110 cm³/mol. The Hall–Kier alpha value is -2.58. The summed E-state index contributed by atoms with van der Waals surface area (Å²) in [4.78, 5) is 16.7. The molecule has 2 aromatic carbocycles. The minimum atomic E-state index is -3.22. The third kappa shape index (κ3) is 3.82. The molecule has 4 rings (SSSR count). The zero-order valence-electron chi connectivity index (χ0n) is 16.4. The lowest BCUT2D eigenvalue weighted by atomic mass is 10.0. The van der Waals surface area contributed by atoms with E-state index < -0.39 is 9.84 Å². The van der Waals surface area contributed by atoms with E-state index in [9.17, 15) is 13.2 Å². The van der Waals surface area contributed by atoms with Gasteiger partial charge in [0, 0.05) is 18.3 Å². The summed E-state index contributed by atoms with van der Waals surface area (Å²) in [5.74, 6) is 1.19. The highest BCUT2D eigenvalue weighted by molar-refractivity contribution is 7.91. The van der Waals surface area contributed by atoms with Crippen molar-refractivity contribution in [1.82, 2.24) is 4.90 Å². The van der Waals surface area contributed by atoms with Crippen molar-refractivity contribution in [2.75, 3.05) is 37.2 Å². The summed E-state index contributed by atoms with van der Waals surface area (Å²) >= 11 is 0. The molecule has 0 N–H and O–H groups in total. The molecule has 2 atom stereocenters. The Labute approximate surface area is 170 Å². The van der Waals surface area contributed by atoms with E-state index in [2.05, 4.69) is 0 Å². The number of benzene rings is 2. The number of carbonyl (C=O) groups is 1. The van der Waals surface area contributed by atoms with Crippen molar-refractivity contribution in [1.29, 1.82) is 0 Å². The number of piperazine rings is 1. The van der Waals surface area contributed by atoms with Crippen molar-refractivity contribution in [2.24, 2.45) is 0 Å². The van der Waals surface area contributed by atoms with Crippen LogP contribution in [0.4, 0.5) is 5.69 Å². The van der Waals surface area contributed by atoms with Crippen LogP contribution in [-0.2, 0) is 21.2 Å². The first-order chi connectivity index (χ1) is 13.9. The quantitative estimate of drug-likeness (QED) is 0.739. The molecule has 0 aliphatic carbocycles. The van der Waals surface area contributed by atoms with Crippen LogP contribution in [0.1, 0.15) is 5.56 Å². The van der Waals surface area contributed by atoms with E-state index in [1.54, 1.807) is 19.1 Å². The monoisotopic (exact) mass is 416 g/mol. The van der Waals surface area contributed by atoms with Gasteiger partial charge in [0.1, 0.15) is 0 Å². The number of fused-ring (bicyclic) bond motifs is 1. The summed E-state index contributed by atoms with van der Waals surface area (Å²) in [5, 5.41) is 0. The molecule has 0 saturated carbocycles. The van der Waals surface area contributed by atoms with Gasteiger partial charge in [-0.3, -0.25) is 9.69 Å². The molecule has 2 saturated heterocycles. The Morgan fingerprint density at radius 3 is 2.34 bits per heavy atom. The fraction of sp³-hybridized carbons (Fsp3) is 0.381. The van der Waals surface area contributed by atoms with Crippen LogP contribution >= 0.6 is 0 Å². The number of ether oxygens (including phenoxy) is 2. The molecular weight excluding hydrogens is 392 g/mol. The Balaban J connectivity index is 1.64. The summed E-state index contributed by atoms with van der Waals surface area (Å²) in [6.45, 7) is 0.630. The van der Waals surface area contributed by atoms with Gasteiger partial charge in [0.25, 0.3) is 0 Å². The van der Waals surface area contributed by atoms with Crippen LogP contribution in [0.3, 0.4) is 0 Å². The highest BCUT2D eigenvalue weighted by Crippen LogP contribution is 2.33. The van der Waals surface area contributed by atoms with Crippen molar-refractivity contribution in [2.45, 2.75) is 18.6 Å². The highest BCUT2D eigenvalue weighted by atomic mass is 32.2. The lowest BCUT2D eigenvalue weighted by Crippen LogP contribution is -2.61. The minimum Gasteiger partial charge on any atom is -0.493 e. The number of methoxy groups -OCH3 is 2. The van der Waals surface area contributed by atoms with Crippen molar-refractivity contribution < 1.29 is 22.7 Å². The standard InChI is InChI=1S/C21H24N2O5S/c1-27-19-9-8-15(10-20(19)28-2)11-22-12-21(24)23(16-6-4-3-5-7-16)18-14-29(25,26)13-17(18)22/h3-10,17-18H,11-14H2,1-2H3/t17-,18+/m0/s1. The number of rotatable bonds is 5. The van der Waals surface area contributed by atoms with E-state index in [0.29, 0.717) is 18.0 Å². The summed E-state index contributed by atoms with van der Waals surface area (Å²) < 4.78 is 35.6. The average molecular weight is 416 g/mol. The van der Waals surface area contributed by atoms with Gasteiger partial charge in [-0.15, -0.1) is 0 Å². The minimum absolute atomic E-state index is 0.0132. The molecule has 2 aromatic rings. The zero-order chi connectivity index (χ0) is 20.6. The predicted octanol–water partition coefficient (Wildman–Crippen LogP) is 1.72. The first-order valence-electron chi connectivity index (χ1n) is 9.44. The second-order valence-electron chi connectivity index (χ2n) is 7.41. The van der Waals surface area contributed by atoms with Crippen LogP contribution in [0.5, 0.6) is 11.5 Å². The maximum Gasteiger partial charge on any atom is 0.241 e. The van der Waals surface area contributed by atoms with Gasteiger partial charge in [-0.25, -0.2) is 8.42 Å². The van der Waals surface area contributed by atoms with Gasteiger partial charge in [-0.2, -0.15) is 0 Å². The molecule has 2 aliphatic heterocycles. The zero-order valence-corrected chi connectivity index (χ0v) is 17.3. The molecule has 7 nitrogen and oxygen atoms in total. The highest BCUT2D eigenvalue weighted by Gasteiger charge is 2.49. The molecule has 2 aliphatic rings. The van der Waals surface area contributed by atoms with Crippen LogP contribution < -0.4 is 14.4 Å². The molecule has 2 heterocycles. The molecule has 1 amide bonds. The lowest BCUT2D eigenvalue weighted by Gasteiger charge is -2.43. The number of hydrogen-bond acceptors (Lipinski definition) is 6. The maximum atomic E-state index is 13.0. The Morgan fingerprint density at radius 2 is 1.66 bits per heavy atom. The van der Waals surface area contributed by atoms with E-state index in [-0.39, 0.29) is 36.0 Å². The number of anilines is 1. The largest absolute Gasteiger partial charge is 0.493 e. The molecule has 154 valence electrons. The Bertz CT molecular complexity index is 1010. The number of hydrogen-bond donors (Lipinski definition) is 0. The molecule has 0 unspecified atom stereocenters. The van der Waals surface area contributed by atoms with E-state index in [4.69, 9.17) is 9.47 Å². The summed E-state index contributed by atoms with van der Waals surface area (Å²) in [5.41, 5.74) is 1.68. The molecule has 0 radical (unpaired) electrons. The fourth-order valence-corrected chi connectivity index (χ4v) is 6.25. The average Bonchev–Trinajstić information content (AvgIpc) is 3.03. The van der Waals surface area contributed by atoms with E-state index >= 15 is 0 Å². The third-order valence-corrected chi connectivity index (χ3v) is 7.27. The van der Waals surface area contributed by atoms with Gasteiger partial charge < -0.3 is 14.4 Å². The lowest BCUT2D eigenvalue weighted by molar-refractivity contribution is -0.123. The van der Waals surface area contributed by atoms with Crippen LogP contribution in [0.25, 0.3) is 0 Å². The summed E-state index contributed by atoms with van der Waals surface area (Å²) in [6.07, 6.45) is 0. The smallest absolute Gasteiger partial charge is 0.241 e. The van der Waals surface area contributed by atoms with E-state index in [1.165, 1.54) is 0 Å². The number of para-hydroxylation sites is 1. The van der Waals surface area contributed by atoms with Gasteiger partial charge in [0.15, 0.2) is 21.3 Å². The topological polar surface area (TPSA) is 76.2 Å². The summed E-state index contributed by atoms with van der Waals surface area (Å²) in [6, 6.07) is 14.3. The molecular formula is C21H24N2O5S. The van der Waals surface area contributed by atoms with Gasteiger partial charge in [-0.1, -0.05) is 24.3 Å². The molecule has 0 bridgehead atoms. The number of carbonyl (C=O) groups excluding carboxylic acids is 1. The van der Waals surface area contributed by atoms with Crippen LogP contribution in [-0.4, -0.2) is 63.6 Å². The van der Waals surface area contributed by atoms with Crippen molar-refractivity contribution >= 4 is 21.4 Å². The second kappa shape index (κ2) is 7.68.